The van der Waals surface area contributed by atoms with Gasteiger partial charge in [-0.1, -0.05) is 12.1 Å². The standard InChI is InChI=1S/C22H21IN2O6S/c1-4-31-17-10-13(9-14(23)20(17)30-3)11-18-21(27)25(22(28)32-18)12-19(26)24-15-7-5-6-8-16(15)29-2/h5-11H,4,12H2,1-3H3,(H,24,26)/b18-11+. The number of ether oxygens (including phenoxy) is 3. The molecule has 0 atom stereocenters. The largest absolute Gasteiger partial charge is 0.495 e. The molecule has 3 amide bonds. The molecule has 168 valence electrons. The van der Waals surface area contributed by atoms with Crippen LogP contribution in [0.3, 0.4) is 0 Å². The lowest BCUT2D eigenvalue weighted by molar-refractivity contribution is -0.127. The third kappa shape index (κ3) is 5.36. The van der Waals surface area contributed by atoms with E-state index in [1.807, 2.05) is 13.0 Å². The fourth-order valence-corrected chi connectivity index (χ4v) is 4.69. The molecule has 10 heteroatoms. The number of carbonyl (C=O) groups is 3. The van der Waals surface area contributed by atoms with Crippen molar-refractivity contribution in [1.29, 1.82) is 0 Å². The quantitative estimate of drug-likeness (QED) is 0.373. The van der Waals surface area contributed by atoms with Gasteiger partial charge in [0, 0.05) is 0 Å². The zero-order valence-corrected chi connectivity index (χ0v) is 20.6. The number of hydrogen-bond donors (Lipinski definition) is 1. The van der Waals surface area contributed by atoms with Crippen LogP contribution in [0, 0.1) is 3.57 Å². The van der Waals surface area contributed by atoms with Crippen molar-refractivity contribution in [2.24, 2.45) is 0 Å². The highest BCUT2D eigenvalue weighted by atomic mass is 127. The molecular formula is C22H21IN2O6S. The summed E-state index contributed by atoms with van der Waals surface area (Å²) >= 11 is 2.90. The van der Waals surface area contributed by atoms with Crippen molar-refractivity contribution in [2.45, 2.75) is 6.92 Å². The van der Waals surface area contributed by atoms with E-state index in [1.54, 1.807) is 43.5 Å². The summed E-state index contributed by atoms with van der Waals surface area (Å²) in [5, 5.41) is 2.16. The van der Waals surface area contributed by atoms with Crippen LogP contribution in [0.15, 0.2) is 41.3 Å². The van der Waals surface area contributed by atoms with Crippen LogP contribution in [0.25, 0.3) is 6.08 Å². The van der Waals surface area contributed by atoms with Gasteiger partial charge in [-0.25, -0.2) is 0 Å². The van der Waals surface area contributed by atoms with Crippen LogP contribution in [-0.4, -0.2) is 49.3 Å². The minimum Gasteiger partial charge on any atom is -0.495 e. The van der Waals surface area contributed by atoms with Crippen molar-refractivity contribution in [3.8, 4) is 17.2 Å². The highest BCUT2D eigenvalue weighted by Gasteiger charge is 2.36. The minimum absolute atomic E-state index is 0.225. The number of hydrogen-bond acceptors (Lipinski definition) is 7. The van der Waals surface area contributed by atoms with Crippen molar-refractivity contribution < 1.29 is 28.6 Å². The van der Waals surface area contributed by atoms with E-state index in [0.29, 0.717) is 35.1 Å². The smallest absolute Gasteiger partial charge is 0.294 e. The van der Waals surface area contributed by atoms with Crippen LogP contribution < -0.4 is 19.5 Å². The number of nitrogens with one attached hydrogen (secondary N) is 1. The molecule has 0 radical (unpaired) electrons. The summed E-state index contributed by atoms with van der Waals surface area (Å²) in [6.07, 6.45) is 1.60. The Bertz CT molecular complexity index is 1090. The van der Waals surface area contributed by atoms with Gasteiger partial charge in [-0.05, 0) is 77.2 Å². The molecule has 0 bridgehead atoms. The number of amides is 3. The predicted molar refractivity (Wildman–Crippen MR) is 131 cm³/mol. The third-order valence-corrected chi connectivity index (χ3v) is 6.10. The van der Waals surface area contributed by atoms with E-state index < -0.39 is 23.6 Å². The minimum atomic E-state index is -0.529. The van der Waals surface area contributed by atoms with Gasteiger partial charge < -0.3 is 19.5 Å². The van der Waals surface area contributed by atoms with Crippen LogP contribution in [0.2, 0.25) is 0 Å². The number of rotatable bonds is 8. The number of para-hydroxylation sites is 2. The highest BCUT2D eigenvalue weighted by molar-refractivity contribution is 14.1. The van der Waals surface area contributed by atoms with E-state index in [2.05, 4.69) is 27.9 Å². The molecule has 8 nitrogen and oxygen atoms in total. The Balaban J connectivity index is 1.77. The van der Waals surface area contributed by atoms with Crippen molar-refractivity contribution in [3.05, 3.63) is 50.4 Å². The first-order chi connectivity index (χ1) is 15.4. The Kier molecular flexibility index (Phi) is 8.02. The molecule has 1 fully saturated rings. The molecule has 1 saturated heterocycles. The average molecular weight is 568 g/mol. The first-order valence-corrected chi connectivity index (χ1v) is 11.5. The molecule has 0 saturated carbocycles. The van der Waals surface area contributed by atoms with Gasteiger partial charge in [-0.3, -0.25) is 19.3 Å². The number of thioether (sulfide) groups is 1. The van der Waals surface area contributed by atoms with Gasteiger partial charge >= 0.3 is 0 Å². The third-order valence-electron chi connectivity index (χ3n) is 4.39. The second-order valence-corrected chi connectivity index (χ2v) is 8.64. The van der Waals surface area contributed by atoms with Gasteiger partial charge in [0.15, 0.2) is 11.5 Å². The SMILES string of the molecule is CCOc1cc(/C=C2/SC(=O)N(CC(=O)Nc3ccccc3OC)C2=O)cc(I)c1OC. The number of anilines is 1. The maximum absolute atomic E-state index is 12.8. The van der Waals surface area contributed by atoms with Gasteiger partial charge in [0.2, 0.25) is 5.91 Å². The van der Waals surface area contributed by atoms with Crippen LogP contribution >= 0.6 is 34.4 Å². The van der Waals surface area contributed by atoms with Gasteiger partial charge in [0.25, 0.3) is 11.1 Å². The highest BCUT2D eigenvalue weighted by Crippen LogP contribution is 2.37. The molecule has 1 N–H and O–H groups in total. The maximum Gasteiger partial charge on any atom is 0.294 e. The van der Waals surface area contributed by atoms with Crippen LogP contribution in [0.1, 0.15) is 12.5 Å². The van der Waals surface area contributed by atoms with Gasteiger partial charge in [-0.2, -0.15) is 0 Å². The number of carbonyl (C=O) groups excluding carboxylic acids is 3. The summed E-state index contributed by atoms with van der Waals surface area (Å²) in [5.74, 6) is 0.595. The first kappa shape index (κ1) is 23.9. The van der Waals surface area contributed by atoms with E-state index in [4.69, 9.17) is 14.2 Å². The molecule has 1 heterocycles. The summed E-state index contributed by atoms with van der Waals surface area (Å²) in [6, 6.07) is 10.5. The molecule has 1 aliphatic rings. The van der Waals surface area contributed by atoms with E-state index in [9.17, 15) is 14.4 Å². The van der Waals surface area contributed by atoms with Crippen LogP contribution in [0.5, 0.6) is 17.2 Å². The molecule has 2 aromatic carbocycles. The number of methoxy groups -OCH3 is 2. The number of benzene rings is 2. The predicted octanol–water partition coefficient (Wildman–Crippen LogP) is 4.38. The number of halogens is 1. The fourth-order valence-electron chi connectivity index (χ4n) is 3.00. The lowest BCUT2D eigenvalue weighted by Crippen LogP contribution is -2.36. The lowest BCUT2D eigenvalue weighted by Gasteiger charge is -2.14. The Morgan fingerprint density at radius 1 is 1.16 bits per heavy atom. The summed E-state index contributed by atoms with van der Waals surface area (Å²) in [6.45, 7) is 1.92. The van der Waals surface area contributed by atoms with Crippen molar-refractivity contribution >= 4 is 63.2 Å². The van der Waals surface area contributed by atoms with Crippen molar-refractivity contribution in [3.63, 3.8) is 0 Å². The van der Waals surface area contributed by atoms with E-state index in [-0.39, 0.29) is 4.91 Å². The van der Waals surface area contributed by atoms with E-state index in [0.717, 1.165) is 20.2 Å². The summed E-state index contributed by atoms with van der Waals surface area (Å²) < 4.78 is 17.0. The van der Waals surface area contributed by atoms with Crippen molar-refractivity contribution in [1.82, 2.24) is 4.90 Å². The Morgan fingerprint density at radius 3 is 2.59 bits per heavy atom. The zero-order valence-electron chi connectivity index (χ0n) is 17.6. The number of nitrogens with zero attached hydrogens (tertiary/aromatic N) is 1. The van der Waals surface area contributed by atoms with Gasteiger partial charge in [0.1, 0.15) is 12.3 Å². The zero-order chi connectivity index (χ0) is 23.3. The maximum atomic E-state index is 12.8. The molecular weight excluding hydrogens is 547 g/mol. The van der Waals surface area contributed by atoms with Gasteiger partial charge in [0.05, 0.1) is 35.0 Å². The topological polar surface area (TPSA) is 94.2 Å². The summed E-state index contributed by atoms with van der Waals surface area (Å²) in [4.78, 5) is 38.8. The monoisotopic (exact) mass is 568 g/mol. The van der Waals surface area contributed by atoms with Gasteiger partial charge in [-0.15, -0.1) is 0 Å². The molecule has 0 spiro atoms. The molecule has 0 unspecified atom stereocenters. The molecule has 32 heavy (non-hydrogen) atoms. The molecule has 0 aliphatic carbocycles. The molecule has 1 aliphatic heterocycles. The first-order valence-electron chi connectivity index (χ1n) is 9.56. The Labute approximate surface area is 203 Å². The lowest BCUT2D eigenvalue weighted by atomic mass is 10.2. The molecule has 0 aromatic heterocycles. The molecule has 3 rings (SSSR count). The average Bonchev–Trinajstić information content (AvgIpc) is 3.01. The fraction of sp³-hybridized carbons (Fsp3) is 0.227. The summed E-state index contributed by atoms with van der Waals surface area (Å²) in [7, 11) is 3.05. The second kappa shape index (κ2) is 10.7. The number of imide groups is 1. The van der Waals surface area contributed by atoms with Crippen molar-refractivity contribution in [2.75, 3.05) is 32.7 Å². The van der Waals surface area contributed by atoms with Crippen LogP contribution in [0.4, 0.5) is 10.5 Å². The van der Waals surface area contributed by atoms with E-state index in [1.165, 1.54) is 7.11 Å². The summed E-state index contributed by atoms with van der Waals surface area (Å²) in [5.41, 5.74) is 1.14. The van der Waals surface area contributed by atoms with Crippen LogP contribution in [-0.2, 0) is 9.59 Å². The van der Waals surface area contributed by atoms with E-state index >= 15 is 0 Å². The normalized spacial score (nSPS) is 14.6. The Hall–Kier alpha value is -2.73. The second-order valence-electron chi connectivity index (χ2n) is 6.48. The Morgan fingerprint density at radius 2 is 1.91 bits per heavy atom. The molecule has 2 aromatic rings.